The van der Waals surface area contributed by atoms with Crippen molar-refractivity contribution in [2.24, 2.45) is 0 Å². The van der Waals surface area contributed by atoms with Gasteiger partial charge in [0.1, 0.15) is 0 Å². The van der Waals surface area contributed by atoms with Crippen LogP contribution in [0.25, 0.3) is 11.1 Å². The second-order valence-corrected chi connectivity index (χ2v) is 5.34. The number of hydrogen-bond acceptors (Lipinski definition) is 1. The van der Waals surface area contributed by atoms with Gasteiger partial charge in [0, 0.05) is 25.2 Å². The number of rotatable bonds is 2. The van der Waals surface area contributed by atoms with E-state index in [9.17, 15) is 0 Å². The van der Waals surface area contributed by atoms with Crippen LogP contribution in [0.3, 0.4) is 0 Å². The third kappa shape index (κ3) is 1.62. The van der Waals surface area contributed by atoms with E-state index in [0.29, 0.717) is 6.04 Å². The maximum absolute atomic E-state index is 2.37. The third-order valence-electron chi connectivity index (χ3n) is 3.98. The van der Waals surface area contributed by atoms with Gasteiger partial charge in [0.2, 0.25) is 0 Å². The molecule has 0 saturated carbocycles. The molecule has 1 aliphatic rings. The first-order valence-corrected chi connectivity index (χ1v) is 6.61. The van der Waals surface area contributed by atoms with E-state index in [4.69, 9.17) is 0 Å². The summed E-state index contributed by atoms with van der Waals surface area (Å²) >= 11 is 0. The lowest BCUT2D eigenvalue weighted by atomic mass is 10.0. The summed E-state index contributed by atoms with van der Waals surface area (Å²) in [6.07, 6.45) is 1.07. The summed E-state index contributed by atoms with van der Waals surface area (Å²) < 4.78 is 0. The summed E-state index contributed by atoms with van der Waals surface area (Å²) in [5.41, 5.74) is 7.13. The molecule has 0 radical (unpaired) electrons. The number of benzene rings is 2. The maximum Gasteiger partial charge on any atom is 0.0408 e. The molecule has 0 bridgehead atoms. The third-order valence-corrected chi connectivity index (χ3v) is 3.98. The fourth-order valence-corrected chi connectivity index (χ4v) is 2.75. The molecule has 1 heteroatoms. The van der Waals surface area contributed by atoms with Gasteiger partial charge >= 0.3 is 0 Å². The van der Waals surface area contributed by atoms with Gasteiger partial charge in [-0.2, -0.15) is 0 Å². The van der Waals surface area contributed by atoms with Gasteiger partial charge in [0.15, 0.2) is 0 Å². The SMILES string of the molecule is CC(C)N(C)c1cccc2c1Cc1ccccc1-2. The van der Waals surface area contributed by atoms with Crippen molar-refractivity contribution < 1.29 is 0 Å². The first kappa shape index (κ1) is 11.3. The normalized spacial score (nSPS) is 12.4. The molecule has 18 heavy (non-hydrogen) atoms. The highest BCUT2D eigenvalue weighted by Gasteiger charge is 2.22. The topological polar surface area (TPSA) is 3.24 Å². The van der Waals surface area contributed by atoms with Gasteiger partial charge in [-0.15, -0.1) is 0 Å². The van der Waals surface area contributed by atoms with Gasteiger partial charge in [-0.1, -0.05) is 36.4 Å². The predicted molar refractivity (Wildman–Crippen MR) is 78.2 cm³/mol. The summed E-state index contributed by atoms with van der Waals surface area (Å²) in [6.45, 7) is 4.48. The van der Waals surface area contributed by atoms with Gasteiger partial charge in [-0.05, 0) is 42.2 Å². The minimum absolute atomic E-state index is 0.528. The second-order valence-electron chi connectivity index (χ2n) is 5.34. The Hall–Kier alpha value is -1.76. The van der Waals surface area contributed by atoms with Crippen molar-refractivity contribution in [2.45, 2.75) is 26.3 Å². The highest BCUT2D eigenvalue weighted by Crippen LogP contribution is 2.41. The van der Waals surface area contributed by atoms with Crippen molar-refractivity contribution >= 4 is 5.69 Å². The molecule has 2 aromatic carbocycles. The Morgan fingerprint density at radius 3 is 2.44 bits per heavy atom. The quantitative estimate of drug-likeness (QED) is 0.648. The zero-order valence-electron chi connectivity index (χ0n) is 11.3. The Morgan fingerprint density at radius 2 is 1.67 bits per heavy atom. The predicted octanol–water partition coefficient (Wildman–Crippen LogP) is 4.10. The molecule has 2 aromatic rings. The van der Waals surface area contributed by atoms with Gasteiger partial charge in [0.05, 0.1) is 0 Å². The van der Waals surface area contributed by atoms with Crippen molar-refractivity contribution in [3.05, 3.63) is 53.6 Å². The molecule has 1 nitrogen and oxygen atoms in total. The Labute approximate surface area is 109 Å². The molecule has 0 atom stereocenters. The zero-order chi connectivity index (χ0) is 12.7. The van der Waals surface area contributed by atoms with Crippen LogP contribution in [0.1, 0.15) is 25.0 Å². The fraction of sp³-hybridized carbons (Fsp3) is 0.294. The average molecular weight is 237 g/mol. The van der Waals surface area contributed by atoms with Crippen molar-refractivity contribution in [3.63, 3.8) is 0 Å². The Morgan fingerprint density at radius 1 is 0.944 bits per heavy atom. The minimum Gasteiger partial charge on any atom is -0.372 e. The van der Waals surface area contributed by atoms with E-state index in [0.717, 1.165) is 6.42 Å². The summed E-state index contributed by atoms with van der Waals surface area (Å²) in [7, 11) is 2.18. The average Bonchev–Trinajstić information content (AvgIpc) is 2.76. The summed E-state index contributed by atoms with van der Waals surface area (Å²) in [4.78, 5) is 2.37. The summed E-state index contributed by atoms with van der Waals surface area (Å²) in [5.74, 6) is 0. The first-order valence-electron chi connectivity index (χ1n) is 6.61. The van der Waals surface area contributed by atoms with E-state index in [-0.39, 0.29) is 0 Å². The molecule has 0 N–H and O–H groups in total. The first-order chi connectivity index (χ1) is 8.68. The van der Waals surface area contributed by atoms with Crippen LogP contribution in [0.2, 0.25) is 0 Å². The van der Waals surface area contributed by atoms with Crippen LogP contribution in [-0.2, 0) is 6.42 Å². The molecular weight excluding hydrogens is 218 g/mol. The van der Waals surface area contributed by atoms with Crippen LogP contribution in [0, 0.1) is 0 Å². The lowest BCUT2D eigenvalue weighted by Crippen LogP contribution is -2.26. The van der Waals surface area contributed by atoms with Gasteiger partial charge in [-0.25, -0.2) is 0 Å². The van der Waals surface area contributed by atoms with E-state index < -0.39 is 0 Å². The Balaban J connectivity index is 2.14. The van der Waals surface area contributed by atoms with Crippen molar-refractivity contribution in [1.29, 1.82) is 0 Å². The van der Waals surface area contributed by atoms with E-state index in [1.54, 1.807) is 0 Å². The second kappa shape index (κ2) is 4.16. The molecule has 0 fully saturated rings. The summed E-state index contributed by atoms with van der Waals surface area (Å²) in [5, 5.41) is 0. The van der Waals surface area contributed by atoms with Gasteiger partial charge in [-0.3, -0.25) is 0 Å². The van der Waals surface area contributed by atoms with Crippen LogP contribution in [0.4, 0.5) is 5.69 Å². The molecule has 0 saturated heterocycles. The van der Waals surface area contributed by atoms with Gasteiger partial charge in [0.25, 0.3) is 0 Å². The van der Waals surface area contributed by atoms with Crippen molar-refractivity contribution in [1.82, 2.24) is 0 Å². The van der Waals surface area contributed by atoms with Crippen LogP contribution in [0.5, 0.6) is 0 Å². The molecular formula is C17H19N. The number of fused-ring (bicyclic) bond motifs is 3. The van der Waals surface area contributed by atoms with E-state index in [2.05, 4.69) is 68.3 Å². The van der Waals surface area contributed by atoms with E-state index in [1.165, 1.54) is 27.9 Å². The van der Waals surface area contributed by atoms with Crippen LogP contribution < -0.4 is 4.90 Å². The Kier molecular flexibility index (Phi) is 2.62. The van der Waals surface area contributed by atoms with Crippen molar-refractivity contribution in [2.75, 3.05) is 11.9 Å². The fourth-order valence-electron chi connectivity index (χ4n) is 2.75. The molecule has 0 spiro atoms. The molecule has 0 heterocycles. The molecule has 0 amide bonds. The molecule has 0 unspecified atom stereocenters. The molecule has 0 aromatic heterocycles. The Bertz CT molecular complexity index is 584. The minimum atomic E-state index is 0.528. The highest BCUT2D eigenvalue weighted by atomic mass is 15.1. The smallest absolute Gasteiger partial charge is 0.0408 e. The van der Waals surface area contributed by atoms with Crippen LogP contribution in [0.15, 0.2) is 42.5 Å². The van der Waals surface area contributed by atoms with Crippen molar-refractivity contribution in [3.8, 4) is 11.1 Å². The van der Waals surface area contributed by atoms with Crippen LogP contribution in [-0.4, -0.2) is 13.1 Å². The number of anilines is 1. The maximum atomic E-state index is 2.37. The zero-order valence-corrected chi connectivity index (χ0v) is 11.3. The molecule has 3 rings (SSSR count). The summed E-state index contributed by atoms with van der Waals surface area (Å²) in [6, 6.07) is 15.9. The molecule has 92 valence electrons. The highest BCUT2D eigenvalue weighted by molar-refractivity contribution is 5.82. The monoisotopic (exact) mass is 237 g/mol. The standard InChI is InChI=1S/C17H19N/c1-12(2)18(3)17-10-6-9-15-14-8-5-4-7-13(14)11-16(15)17/h4-10,12H,11H2,1-3H3. The lowest BCUT2D eigenvalue weighted by molar-refractivity contribution is 0.751. The van der Waals surface area contributed by atoms with E-state index >= 15 is 0 Å². The molecule has 0 aliphatic heterocycles. The van der Waals surface area contributed by atoms with Crippen LogP contribution >= 0.6 is 0 Å². The lowest BCUT2D eigenvalue weighted by Gasteiger charge is -2.26. The largest absolute Gasteiger partial charge is 0.372 e. The van der Waals surface area contributed by atoms with E-state index in [1.807, 2.05) is 0 Å². The molecule has 1 aliphatic carbocycles. The van der Waals surface area contributed by atoms with Gasteiger partial charge < -0.3 is 4.90 Å². The number of hydrogen-bond donors (Lipinski definition) is 0. The number of nitrogens with zero attached hydrogens (tertiary/aromatic N) is 1.